The third kappa shape index (κ3) is 2.36. The van der Waals surface area contributed by atoms with Crippen LogP contribution in [-0.4, -0.2) is 17.6 Å². The molecule has 0 aliphatic carbocycles. The van der Waals surface area contributed by atoms with Crippen LogP contribution in [0, 0.1) is 0 Å². The van der Waals surface area contributed by atoms with Crippen LogP contribution in [0.25, 0.3) is 0 Å². The summed E-state index contributed by atoms with van der Waals surface area (Å²) in [4.78, 5) is 16.1. The van der Waals surface area contributed by atoms with Gasteiger partial charge in [-0.1, -0.05) is 0 Å². The molecule has 1 rings (SSSR count). The smallest absolute Gasteiger partial charge is 0.291 e. The van der Waals surface area contributed by atoms with Crippen molar-refractivity contribution in [2.75, 3.05) is 7.11 Å². The molecule has 0 aliphatic rings. The summed E-state index contributed by atoms with van der Waals surface area (Å²) < 4.78 is 2.76. The Bertz CT molecular complexity index is 334. The largest absolute Gasteiger partial charge is 0.340 e. The van der Waals surface area contributed by atoms with Crippen molar-refractivity contribution in [3.8, 4) is 0 Å². The molecule has 1 aromatic heterocycles. The van der Waals surface area contributed by atoms with E-state index in [-0.39, 0.29) is 11.9 Å². The monoisotopic (exact) mass is 260 g/mol. The highest BCUT2D eigenvalue weighted by atomic mass is 79.9. The minimum absolute atomic E-state index is 0.235. The summed E-state index contributed by atoms with van der Waals surface area (Å²) in [6.45, 7) is 4.02. The predicted octanol–water partition coefficient (Wildman–Crippen LogP) is 2.12. The minimum Gasteiger partial charge on any atom is -0.340 e. The van der Waals surface area contributed by atoms with E-state index in [4.69, 9.17) is 0 Å². The third-order valence-electron chi connectivity index (χ3n) is 1.80. The summed E-state index contributed by atoms with van der Waals surface area (Å²) in [5.41, 5.74) is 2.87. The zero-order valence-corrected chi connectivity index (χ0v) is 9.96. The molecule has 0 saturated carbocycles. The number of nitrogens with zero attached hydrogens (tertiary/aromatic N) is 1. The highest BCUT2D eigenvalue weighted by Gasteiger charge is 2.14. The van der Waals surface area contributed by atoms with Crippen LogP contribution in [0.15, 0.2) is 16.7 Å². The number of hydrogen-bond donors (Lipinski definition) is 1. The van der Waals surface area contributed by atoms with E-state index in [0.717, 1.165) is 4.47 Å². The fourth-order valence-corrected chi connectivity index (χ4v) is 1.64. The predicted molar refractivity (Wildman–Crippen MR) is 57.0 cm³/mol. The zero-order chi connectivity index (χ0) is 10.7. The second-order valence-corrected chi connectivity index (χ2v) is 4.10. The lowest BCUT2D eigenvalue weighted by atomic mass is 10.3. The molecule has 1 amide bonds. The number of nitrogens with one attached hydrogen (secondary N) is 1. The Morgan fingerprint density at radius 2 is 2.29 bits per heavy atom. The van der Waals surface area contributed by atoms with E-state index in [9.17, 15) is 4.79 Å². The van der Waals surface area contributed by atoms with Crippen LogP contribution in [0.2, 0.25) is 0 Å². The number of hydroxylamine groups is 1. The van der Waals surface area contributed by atoms with Crippen molar-refractivity contribution in [3.63, 3.8) is 0 Å². The second kappa shape index (κ2) is 4.61. The minimum atomic E-state index is -0.244. The molecule has 0 unspecified atom stereocenters. The first-order valence-corrected chi connectivity index (χ1v) is 5.06. The molecular weight excluding hydrogens is 248 g/mol. The van der Waals surface area contributed by atoms with E-state index in [1.807, 2.05) is 24.6 Å². The molecule has 1 aromatic rings. The fraction of sp³-hybridized carbons (Fsp3) is 0.444. The molecule has 78 valence electrons. The van der Waals surface area contributed by atoms with Crippen molar-refractivity contribution < 1.29 is 9.63 Å². The van der Waals surface area contributed by atoms with Crippen LogP contribution < -0.4 is 5.48 Å². The Hall–Kier alpha value is -0.810. The van der Waals surface area contributed by atoms with E-state index in [1.54, 1.807) is 6.07 Å². The topological polar surface area (TPSA) is 43.3 Å². The molecule has 0 spiro atoms. The number of rotatable bonds is 3. The van der Waals surface area contributed by atoms with Crippen LogP contribution >= 0.6 is 15.9 Å². The van der Waals surface area contributed by atoms with Crippen molar-refractivity contribution >= 4 is 21.8 Å². The van der Waals surface area contributed by atoms with E-state index in [1.165, 1.54) is 7.11 Å². The first-order chi connectivity index (χ1) is 6.56. The highest BCUT2D eigenvalue weighted by molar-refractivity contribution is 9.10. The normalized spacial score (nSPS) is 10.6. The van der Waals surface area contributed by atoms with Crippen molar-refractivity contribution in [1.82, 2.24) is 10.0 Å². The lowest BCUT2D eigenvalue weighted by Crippen LogP contribution is -2.25. The molecule has 0 radical (unpaired) electrons. The number of aromatic nitrogens is 1. The summed E-state index contributed by atoms with van der Waals surface area (Å²) >= 11 is 3.33. The summed E-state index contributed by atoms with van der Waals surface area (Å²) in [6.07, 6.45) is 1.87. The highest BCUT2D eigenvalue weighted by Crippen LogP contribution is 2.19. The van der Waals surface area contributed by atoms with Gasteiger partial charge in [0, 0.05) is 16.7 Å². The fourth-order valence-electron chi connectivity index (χ4n) is 1.20. The molecule has 14 heavy (non-hydrogen) atoms. The van der Waals surface area contributed by atoms with Gasteiger partial charge >= 0.3 is 0 Å². The Labute approximate surface area is 91.3 Å². The van der Waals surface area contributed by atoms with Crippen molar-refractivity contribution in [1.29, 1.82) is 0 Å². The van der Waals surface area contributed by atoms with Gasteiger partial charge in [0.15, 0.2) is 0 Å². The lowest BCUT2D eigenvalue weighted by molar-refractivity contribution is 0.0526. The Morgan fingerprint density at radius 1 is 1.64 bits per heavy atom. The maximum Gasteiger partial charge on any atom is 0.291 e. The summed E-state index contributed by atoms with van der Waals surface area (Å²) in [7, 11) is 1.41. The van der Waals surface area contributed by atoms with Gasteiger partial charge in [0.1, 0.15) is 5.69 Å². The second-order valence-electron chi connectivity index (χ2n) is 3.18. The lowest BCUT2D eigenvalue weighted by Gasteiger charge is -2.11. The van der Waals surface area contributed by atoms with Crippen molar-refractivity contribution in [2.24, 2.45) is 0 Å². The molecule has 0 saturated heterocycles. The Balaban J connectivity index is 3.00. The van der Waals surface area contributed by atoms with E-state index < -0.39 is 0 Å². The van der Waals surface area contributed by atoms with Crippen LogP contribution in [-0.2, 0) is 4.84 Å². The summed E-state index contributed by atoms with van der Waals surface area (Å²) in [6, 6.07) is 1.99. The maximum atomic E-state index is 11.5. The number of carbonyl (C=O) groups excluding carboxylic acids is 1. The molecule has 1 heterocycles. The molecule has 1 N–H and O–H groups in total. The van der Waals surface area contributed by atoms with Crippen molar-refractivity contribution in [3.05, 3.63) is 22.4 Å². The zero-order valence-electron chi connectivity index (χ0n) is 8.37. The average Bonchev–Trinajstić information content (AvgIpc) is 2.48. The molecule has 0 atom stereocenters. The Kier molecular flexibility index (Phi) is 3.71. The van der Waals surface area contributed by atoms with Gasteiger partial charge in [-0.3, -0.25) is 9.63 Å². The third-order valence-corrected chi connectivity index (χ3v) is 2.23. The van der Waals surface area contributed by atoms with Crippen LogP contribution in [0.4, 0.5) is 0 Å². The van der Waals surface area contributed by atoms with Gasteiger partial charge in [0.25, 0.3) is 5.91 Å². The van der Waals surface area contributed by atoms with E-state index >= 15 is 0 Å². The Morgan fingerprint density at radius 3 is 2.79 bits per heavy atom. The van der Waals surface area contributed by atoms with Gasteiger partial charge < -0.3 is 4.57 Å². The molecule has 0 bridgehead atoms. The SMILES string of the molecule is CONC(=O)c1cc(Br)cn1C(C)C. The van der Waals surface area contributed by atoms with Gasteiger partial charge in [-0.2, -0.15) is 0 Å². The van der Waals surface area contributed by atoms with Crippen LogP contribution in [0.3, 0.4) is 0 Å². The number of amides is 1. The first kappa shape index (κ1) is 11.3. The summed E-state index contributed by atoms with van der Waals surface area (Å²) in [5.74, 6) is -0.244. The van der Waals surface area contributed by atoms with E-state index in [0.29, 0.717) is 5.69 Å². The van der Waals surface area contributed by atoms with Crippen LogP contribution in [0.1, 0.15) is 30.4 Å². The molecule has 4 nitrogen and oxygen atoms in total. The number of hydrogen-bond acceptors (Lipinski definition) is 2. The quantitative estimate of drug-likeness (QED) is 0.847. The molecule has 0 fully saturated rings. The van der Waals surface area contributed by atoms with Gasteiger partial charge in [0.2, 0.25) is 0 Å². The van der Waals surface area contributed by atoms with Crippen LogP contribution in [0.5, 0.6) is 0 Å². The molecule has 0 aliphatic heterocycles. The van der Waals surface area contributed by atoms with E-state index in [2.05, 4.69) is 26.2 Å². The van der Waals surface area contributed by atoms with Gasteiger partial charge in [-0.05, 0) is 35.8 Å². The van der Waals surface area contributed by atoms with Crippen molar-refractivity contribution in [2.45, 2.75) is 19.9 Å². The maximum absolute atomic E-state index is 11.5. The van der Waals surface area contributed by atoms with Gasteiger partial charge in [-0.15, -0.1) is 0 Å². The van der Waals surface area contributed by atoms with Gasteiger partial charge in [-0.25, -0.2) is 5.48 Å². The summed E-state index contributed by atoms with van der Waals surface area (Å²) in [5, 5.41) is 0. The number of halogens is 1. The standard InChI is InChI=1S/C9H13BrN2O2/c1-6(2)12-5-7(10)4-8(12)9(13)11-14-3/h4-6H,1-3H3,(H,11,13). The van der Waals surface area contributed by atoms with Gasteiger partial charge in [0.05, 0.1) is 7.11 Å². The number of carbonyl (C=O) groups is 1. The molecule has 0 aromatic carbocycles. The molecular formula is C9H13BrN2O2. The molecule has 5 heteroatoms. The average molecular weight is 261 g/mol. The first-order valence-electron chi connectivity index (χ1n) is 4.27.